The third-order valence-electron chi connectivity index (χ3n) is 12.1. The number of nitrogens with zero attached hydrogens (tertiary/aromatic N) is 2. The Balaban J connectivity index is 0.000000254. The van der Waals surface area contributed by atoms with Gasteiger partial charge in [-0.05, 0) is 124 Å². The highest BCUT2D eigenvalue weighted by molar-refractivity contribution is 5.92. The highest BCUT2D eigenvalue weighted by Crippen LogP contribution is 2.33. The van der Waals surface area contributed by atoms with Gasteiger partial charge in [-0.15, -0.1) is 0 Å². The van der Waals surface area contributed by atoms with E-state index >= 15 is 0 Å². The molecular weight excluding hydrogens is 1150 g/mol. The van der Waals surface area contributed by atoms with Gasteiger partial charge in [0.05, 0.1) is 38.0 Å². The normalized spacial score (nSPS) is 11.3. The Kier molecular flexibility index (Phi) is 27.1. The number of alkyl halides is 9. The van der Waals surface area contributed by atoms with Crippen LogP contribution in [0.4, 0.5) is 62.3 Å². The van der Waals surface area contributed by atoms with Crippen LogP contribution >= 0.6 is 0 Å². The zero-order chi connectivity index (χ0) is 64.2. The molecule has 7 aromatic carbocycles. The van der Waals surface area contributed by atoms with E-state index in [1.165, 1.54) is 69.3 Å². The maximum atomic E-state index is 12.8. The molecule has 0 saturated carbocycles. The van der Waals surface area contributed by atoms with Crippen LogP contribution in [0.15, 0.2) is 194 Å². The molecule has 0 aliphatic rings. The maximum absolute atomic E-state index is 12.8. The maximum Gasteiger partial charge on any atom is 0.416 e. The van der Waals surface area contributed by atoms with E-state index in [4.69, 9.17) is 10.9 Å². The second-order valence-electron chi connectivity index (χ2n) is 18.4. The van der Waals surface area contributed by atoms with Gasteiger partial charge in [0.2, 0.25) is 0 Å². The standard InChI is InChI=1S/C19H18F3NO2.C18H17F3N2O2.C18H16F3NO2.C10H11NO2/c1-23(13-14-6-5-8-16(12-14)19(20,21)22)17-9-4-3-7-15(17)10-11-18(24)25-2;1-23(12-13-5-4-7-15(11-13)18(19,20)21)16-8-3-2-6-14(16)9-10-17(24)22-25;1-24-17(23)10-9-14-6-2-3-8-16(14)22-12-13-5-4-7-15(11-13)18(19,20)21;1-13-10(12)7-6-8-4-2-3-5-9(8)11/h3-12H,13H2,1-2H3;2-11,25H,12H2,1H3,(H,22,24);2-11,22H,12H2,1H3;2-7H,11H2,1H3/b11-10+;2*10-9+;7-6+. The van der Waals surface area contributed by atoms with Crippen LogP contribution in [0.2, 0.25) is 0 Å². The van der Waals surface area contributed by atoms with Crippen molar-refractivity contribution in [2.45, 2.75) is 38.2 Å². The van der Waals surface area contributed by atoms with Crippen molar-refractivity contribution in [2.75, 3.05) is 56.3 Å². The van der Waals surface area contributed by atoms with Crippen LogP contribution in [0, 0.1) is 0 Å². The van der Waals surface area contributed by atoms with Gasteiger partial charge in [0.15, 0.2) is 0 Å². The van der Waals surface area contributed by atoms with Crippen molar-refractivity contribution in [2.24, 2.45) is 0 Å². The summed E-state index contributed by atoms with van der Waals surface area (Å²) in [5.74, 6) is -2.02. The van der Waals surface area contributed by atoms with Crippen LogP contribution in [0.25, 0.3) is 24.3 Å². The fourth-order valence-electron chi connectivity index (χ4n) is 7.76. The largest absolute Gasteiger partial charge is 0.466 e. The van der Waals surface area contributed by atoms with Gasteiger partial charge in [0.1, 0.15) is 0 Å². The van der Waals surface area contributed by atoms with Crippen LogP contribution in [-0.2, 0) is 71.6 Å². The van der Waals surface area contributed by atoms with Gasteiger partial charge in [-0.3, -0.25) is 10.0 Å². The Morgan fingerprint density at radius 3 is 1.22 bits per heavy atom. The molecule has 0 bridgehead atoms. The Hall–Kier alpha value is -10.1. The number of nitrogens with one attached hydrogen (secondary N) is 2. The lowest BCUT2D eigenvalue weighted by molar-refractivity contribution is -0.138. The Morgan fingerprint density at radius 2 is 0.805 bits per heavy atom. The van der Waals surface area contributed by atoms with E-state index in [-0.39, 0.29) is 19.1 Å². The van der Waals surface area contributed by atoms with Gasteiger partial charge in [-0.25, -0.2) is 19.9 Å². The van der Waals surface area contributed by atoms with Crippen molar-refractivity contribution < 1.29 is 78.1 Å². The number of nitrogen functional groups attached to an aromatic ring is 1. The topological polar surface area (TPSA) is 173 Å². The summed E-state index contributed by atoms with van der Waals surface area (Å²) >= 11 is 0. The summed E-state index contributed by atoms with van der Waals surface area (Å²) in [6.07, 6.45) is -1.68. The molecule has 13 nitrogen and oxygen atoms in total. The molecule has 5 N–H and O–H groups in total. The lowest BCUT2D eigenvalue weighted by Crippen LogP contribution is -2.18. The van der Waals surface area contributed by atoms with Gasteiger partial charge in [0, 0.05) is 80.8 Å². The number of carbonyl (C=O) groups excluding carboxylic acids is 4. The van der Waals surface area contributed by atoms with Crippen molar-refractivity contribution in [1.29, 1.82) is 0 Å². The molecule has 0 radical (unpaired) electrons. The summed E-state index contributed by atoms with van der Waals surface area (Å²) in [5, 5.41) is 11.6. The highest BCUT2D eigenvalue weighted by Gasteiger charge is 2.32. The average Bonchev–Trinajstić information content (AvgIpc) is 2.78. The number of anilines is 4. The van der Waals surface area contributed by atoms with Crippen LogP contribution in [0.3, 0.4) is 0 Å². The predicted octanol–water partition coefficient (Wildman–Crippen LogP) is 14.3. The molecule has 0 aromatic heterocycles. The summed E-state index contributed by atoms with van der Waals surface area (Å²) < 4.78 is 129. The number of para-hydroxylation sites is 4. The van der Waals surface area contributed by atoms with Gasteiger partial charge >= 0.3 is 36.4 Å². The minimum Gasteiger partial charge on any atom is -0.466 e. The number of halogens is 9. The van der Waals surface area contributed by atoms with Crippen molar-refractivity contribution in [3.05, 3.63) is 250 Å². The van der Waals surface area contributed by atoms with E-state index in [9.17, 15) is 58.7 Å². The lowest BCUT2D eigenvalue weighted by atomic mass is 10.1. The first-order chi connectivity index (χ1) is 41.2. The lowest BCUT2D eigenvalue weighted by Gasteiger charge is -2.22. The second kappa shape index (κ2) is 34.0. The Bertz CT molecular complexity index is 3380. The number of carbonyl (C=O) groups is 4. The number of nitrogens with two attached hydrogens (primary N) is 1. The molecule has 458 valence electrons. The molecular formula is C65H62F9N5O8. The van der Waals surface area contributed by atoms with Crippen molar-refractivity contribution in [1.82, 2.24) is 5.48 Å². The first-order valence-corrected chi connectivity index (χ1v) is 25.9. The monoisotopic (exact) mass is 1210 g/mol. The van der Waals surface area contributed by atoms with E-state index in [0.29, 0.717) is 40.2 Å². The number of rotatable bonds is 17. The van der Waals surface area contributed by atoms with E-state index in [1.54, 1.807) is 110 Å². The molecule has 0 fully saturated rings. The number of ether oxygens (including phenoxy) is 3. The van der Waals surface area contributed by atoms with E-state index in [0.717, 1.165) is 70.5 Å². The molecule has 0 heterocycles. The van der Waals surface area contributed by atoms with Crippen LogP contribution in [0.5, 0.6) is 0 Å². The average molecular weight is 1210 g/mol. The molecule has 7 rings (SSSR count). The second-order valence-corrected chi connectivity index (χ2v) is 18.4. The first-order valence-electron chi connectivity index (χ1n) is 25.9. The van der Waals surface area contributed by atoms with Crippen molar-refractivity contribution in [3.63, 3.8) is 0 Å². The van der Waals surface area contributed by atoms with E-state index in [1.807, 2.05) is 47.4 Å². The number of hydrogen-bond donors (Lipinski definition) is 4. The summed E-state index contributed by atoms with van der Waals surface area (Å²) in [6.45, 7) is 0.793. The Labute approximate surface area is 497 Å². The smallest absolute Gasteiger partial charge is 0.416 e. The Morgan fingerprint density at radius 1 is 0.460 bits per heavy atom. The van der Waals surface area contributed by atoms with Crippen LogP contribution in [0.1, 0.15) is 55.6 Å². The highest BCUT2D eigenvalue weighted by atomic mass is 19.4. The van der Waals surface area contributed by atoms with Crippen LogP contribution in [-0.4, -0.2) is 64.4 Å². The van der Waals surface area contributed by atoms with Crippen molar-refractivity contribution >= 4 is 70.9 Å². The van der Waals surface area contributed by atoms with Crippen LogP contribution < -0.4 is 26.3 Å². The van der Waals surface area contributed by atoms with Gasteiger partial charge in [-0.2, -0.15) is 39.5 Å². The van der Waals surface area contributed by atoms with Gasteiger partial charge < -0.3 is 35.1 Å². The molecule has 22 heteroatoms. The van der Waals surface area contributed by atoms with Crippen molar-refractivity contribution in [3.8, 4) is 0 Å². The SMILES string of the molecule is CN(Cc1cccc(C(F)(F)F)c1)c1ccccc1/C=C/C(=O)NO.COC(=O)/C=C/c1ccccc1N.COC(=O)/C=C/c1ccccc1N(C)Cc1cccc(C(F)(F)F)c1.COC(=O)/C=C/c1ccccc1NCc1cccc(C(F)(F)F)c1. The molecule has 0 aliphatic carbocycles. The summed E-state index contributed by atoms with van der Waals surface area (Å²) in [4.78, 5) is 47.9. The number of amides is 1. The quantitative estimate of drug-likeness (QED) is 0.0129. The van der Waals surface area contributed by atoms with Gasteiger partial charge in [-0.1, -0.05) is 109 Å². The first kappa shape index (κ1) is 69.4. The molecule has 87 heavy (non-hydrogen) atoms. The van der Waals surface area contributed by atoms with E-state index < -0.39 is 53.1 Å². The molecule has 0 unspecified atom stereocenters. The summed E-state index contributed by atoms with van der Waals surface area (Å²) in [7, 11) is 7.44. The molecule has 7 aromatic rings. The number of esters is 3. The summed E-state index contributed by atoms with van der Waals surface area (Å²) in [5.41, 5.74) is 12.6. The zero-order valence-electron chi connectivity index (χ0n) is 47.6. The number of benzene rings is 7. The molecule has 0 saturated heterocycles. The van der Waals surface area contributed by atoms with E-state index in [2.05, 4.69) is 19.5 Å². The minimum absolute atomic E-state index is 0.229. The summed E-state index contributed by atoms with van der Waals surface area (Å²) in [6, 6.07) is 44.4. The minimum atomic E-state index is -4.38. The third-order valence-corrected chi connectivity index (χ3v) is 12.1. The fraction of sp³-hybridized carbons (Fsp3) is 0.169. The number of hydrogen-bond acceptors (Lipinski definition) is 12. The molecule has 0 atom stereocenters. The zero-order valence-corrected chi connectivity index (χ0v) is 47.6. The molecule has 0 aliphatic heterocycles. The van der Waals surface area contributed by atoms with Gasteiger partial charge in [0.25, 0.3) is 5.91 Å². The molecule has 1 amide bonds. The molecule has 0 spiro atoms. The predicted molar refractivity (Wildman–Crippen MR) is 318 cm³/mol. The number of methoxy groups -OCH3 is 3. The fourth-order valence-corrected chi connectivity index (χ4v) is 7.76. The third kappa shape index (κ3) is 24.2. The number of hydroxylamine groups is 1.